The number of methoxy groups -OCH3 is 1. The van der Waals surface area contributed by atoms with Gasteiger partial charge in [0.15, 0.2) is 5.56 Å². The number of H-pyrrole nitrogens is 1. The number of rotatable bonds is 1. The number of fused-ring (bicyclic) bond motifs is 3. The summed E-state index contributed by atoms with van der Waals surface area (Å²) in [7, 11) is 1.23. The van der Waals surface area contributed by atoms with Gasteiger partial charge in [-0.1, -0.05) is 18.2 Å². The maximum atomic E-state index is 12.0. The van der Waals surface area contributed by atoms with Crippen molar-refractivity contribution in [2.75, 3.05) is 13.0 Å². The fourth-order valence-electron chi connectivity index (χ4n) is 2.22. The first kappa shape index (κ1) is 11.3. The van der Waals surface area contributed by atoms with E-state index in [1.165, 1.54) is 13.3 Å². The van der Waals surface area contributed by atoms with E-state index in [0.717, 1.165) is 15.6 Å². The van der Waals surface area contributed by atoms with Gasteiger partial charge in [-0.3, -0.25) is 4.79 Å². The van der Waals surface area contributed by atoms with Crippen molar-refractivity contribution in [2.24, 2.45) is 0 Å². The Morgan fingerprint density at radius 2 is 2.05 bits per heavy atom. The molecule has 0 bridgehead atoms. The molecule has 0 amide bonds. The number of esters is 1. The molecule has 6 nitrogen and oxygen atoms in total. The molecule has 3 aromatic rings. The third kappa shape index (κ3) is 1.50. The first-order valence-corrected chi connectivity index (χ1v) is 5.63. The Bertz CT molecular complexity index is 861. The van der Waals surface area contributed by atoms with Crippen LogP contribution in [0.25, 0.3) is 21.8 Å². The van der Waals surface area contributed by atoms with Gasteiger partial charge in [-0.15, -0.1) is 0 Å². The number of nitrogens with zero attached hydrogens (tertiary/aromatic N) is 1. The number of benzene rings is 1. The van der Waals surface area contributed by atoms with Crippen LogP contribution in [0.4, 0.5) is 0 Å². The zero-order valence-electron chi connectivity index (χ0n) is 10.1. The molecule has 3 N–H and O–H groups in total. The summed E-state index contributed by atoms with van der Waals surface area (Å²) in [5.74, 6) is 4.90. The predicted molar refractivity (Wildman–Crippen MR) is 71.6 cm³/mol. The minimum absolute atomic E-state index is 0.0845. The molecule has 0 unspecified atom stereocenters. The van der Waals surface area contributed by atoms with E-state index in [4.69, 9.17) is 5.84 Å². The van der Waals surface area contributed by atoms with Crippen molar-refractivity contribution in [3.63, 3.8) is 0 Å². The third-order valence-electron chi connectivity index (χ3n) is 3.10. The second-order valence-electron chi connectivity index (χ2n) is 4.17. The van der Waals surface area contributed by atoms with Crippen molar-refractivity contribution in [3.05, 3.63) is 46.4 Å². The van der Waals surface area contributed by atoms with Crippen LogP contribution < -0.4 is 11.4 Å². The number of nitrogens with two attached hydrogens (primary N) is 1. The zero-order chi connectivity index (χ0) is 13.6. The molecular formula is C13H11N3O3. The fraction of sp³-hybridized carbons (Fsp3) is 0.0769. The molecule has 19 heavy (non-hydrogen) atoms. The van der Waals surface area contributed by atoms with Gasteiger partial charge in [0.2, 0.25) is 0 Å². The molecule has 0 saturated heterocycles. The second-order valence-corrected chi connectivity index (χ2v) is 4.17. The molecule has 0 fully saturated rings. The van der Waals surface area contributed by atoms with Crippen LogP contribution >= 0.6 is 0 Å². The summed E-state index contributed by atoms with van der Waals surface area (Å²) in [5, 5.41) is 1.60. The molecule has 0 aliphatic rings. The number of carbonyl (C=O) groups is 1. The van der Waals surface area contributed by atoms with Crippen molar-refractivity contribution >= 4 is 27.8 Å². The van der Waals surface area contributed by atoms with Crippen LogP contribution in [-0.4, -0.2) is 22.7 Å². The molecule has 96 valence electrons. The highest BCUT2D eigenvalue weighted by molar-refractivity contribution is 6.13. The van der Waals surface area contributed by atoms with Gasteiger partial charge in [0.05, 0.1) is 12.6 Å². The van der Waals surface area contributed by atoms with E-state index in [-0.39, 0.29) is 5.56 Å². The van der Waals surface area contributed by atoms with Gasteiger partial charge in [-0.05, 0) is 6.07 Å². The highest BCUT2D eigenvalue weighted by Gasteiger charge is 2.20. The Balaban J connectivity index is 2.56. The van der Waals surface area contributed by atoms with Gasteiger partial charge in [0, 0.05) is 22.5 Å². The Morgan fingerprint density at radius 3 is 2.79 bits per heavy atom. The maximum absolute atomic E-state index is 12.0. The Labute approximate surface area is 107 Å². The average Bonchev–Trinajstić information content (AvgIpc) is 2.77. The quantitative estimate of drug-likeness (QED) is 0.502. The van der Waals surface area contributed by atoms with Gasteiger partial charge >= 0.3 is 5.97 Å². The van der Waals surface area contributed by atoms with Crippen molar-refractivity contribution in [3.8, 4) is 0 Å². The molecule has 3 rings (SSSR count). The first-order chi connectivity index (χ1) is 9.13. The van der Waals surface area contributed by atoms with Gasteiger partial charge in [-0.2, -0.15) is 0 Å². The lowest BCUT2D eigenvalue weighted by atomic mass is 10.1. The van der Waals surface area contributed by atoms with Gasteiger partial charge in [0.25, 0.3) is 5.56 Å². The molecule has 2 heterocycles. The zero-order valence-corrected chi connectivity index (χ0v) is 10.1. The van der Waals surface area contributed by atoms with Crippen molar-refractivity contribution in [1.82, 2.24) is 9.66 Å². The van der Waals surface area contributed by atoms with Crippen LogP contribution in [0.5, 0.6) is 0 Å². The van der Waals surface area contributed by atoms with E-state index in [0.29, 0.717) is 10.9 Å². The highest BCUT2D eigenvalue weighted by Crippen LogP contribution is 2.25. The molecule has 0 spiro atoms. The van der Waals surface area contributed by atoms with E-state index in [1.54, 1.807) is 0 Å². The second kappa shape index (κ2) is 3.88. The van der Waals surface area contributed by atoms with Crippen molar-refractivity contribution < 1.29 is 9.53 Å². The van der Waals surface area contributed by atoms with Crippen LogP contribution in [-0.2, 0) is 4.74 Å². The standard InChI is InChI=1S/C13H11N3O3/c1-19-13(18)10-11-8(6-16(14)12(10)17)7-4-2-3-5-9(7)15-11/h2-6,15H,14H2,1H3. The lowest BCUT2D eigenvalue weighted by Gasteiger charge is -2.03. The lowest BCUT2D eigenvalue weighted by molar-refractivity contribution is 0.0600. The number of nitrogen functional groups attached to an aromatic ring is 1. The molecule has 1 aromatic carbocycles. The third-order valence-corrected chi connectivity index (χ3v) is 3.10. The summed E-state index contributed by atoms with van der Waals surface area (Å²) in [5.41, 5.74) is 0.595. The van der Waals surface area contributed by atoms with Gasteiger partial charge < -0.3 is 15.6 Å². The summed E-state index contributed by atoms with van der Waals surface area (Å²) in [4.78, 5) is 26.8. The summed E-state index contributed by atoms with van der Waals surface area (Å²) < 4.78 is 5.55. The number of hydrogen-bond acceptors (Lipinski definition) is 4. The van der Waals surface area contributed by atoms with Crippen LogP contribution in [0.3, 0.4) is 0 Å². The molecule has 2 aromatic heterocycles. The summed E-state index contributed by atoms with van der Waals surface area (Å²) in [6.45, 7) is 0. The molecule has 0 aliphatic heterocycles. The predicted octanol–water partition coefficient (Wildman–Crippen LogP) is 0.983. The monoisotopic (exact) mass is 257 g/mol. The van der Waals surface area contributed by atoms with Crippen LogP contribution in [0.2, 0.25) is 0 Å². The minimum Gasteiger partial charge on any atom is -0.465 e. The van der Waals surface area contributed by atoms with E-state index in [1.807, 2.05) is 24.3 Å². The van der Waals surface area contributed by atoms with Crippen molar-refractivity contribution in [1.29, 1.82) is 0 Å². The average molecular weight is 257 g/mol. The molecular weight excluding hydrogens is 246 g/mol. The first-order valence-electron chi connectivity index (χ1n) is 5.63. The number of carbonyl (C=O) groups excluding carboxylic acids is 1. The minimum atomic E-state index is -0.707. The smallest absolute Gasteiger partial charge is 0.345 e. The van der Waals surface area contributed by atoms with E-state index < -0.39 is 11.5 Å². The van der Waals surface area contributed by atoms with Gasteiger partial charge in [-0.25, -0.2) is 9.47 Å². The van der Waals surface area contributed by atoms with Crippen LogP contribution in [0.15, 0.2) is 35.3 Å². The topological polar surface area (TPSA) is 90.1 Å². The fourth-order valence-corrected chi connectivity index (χ4v) is 2.22. The van der Waals surface area contributed by atoms with Gasteiger partial charge in [0.1, 0.15) is 0 Å². The van der Waals surface area contributed by atoms with Crippen LogP contribution in [0.1, 0.15) is 10.4 Å². The number of pyridine rings is 1. The molecule has 0 radical (unpaired) electrons. The highest BCUT2D eigenvalue weighted by atomic mass is 16.5. The SMILES string of the molecule is COC(=O)c1c(=O)n(N)cc2c1[nH]c1ccccc12. The lowest BCUT2D eigenvalue weighted by Crippen LogP contribution is -2.31. The van der Waals surface area contributed by atoms with Crippen LogP contribution in [0, 0.1) is 0 Å². The number of nitrogens with one attached hydrogen (secondary N) is 1. The van der Waals surface area contributed by atoms with Crippen molar-refractivity contribution in [2.45, 2.75) is 0 Å². The summed E-state index contributed by atoms with van der Waals surface area (Å²) in [6, 6.07) is 7.49. The van der Waals surface area contributed by atoms with E-state index >= 15 is 0 Å². The maximum Gasteiger partial charge on any atom is 0.345 e. The normalized spacial score (nSPS) is 11.0. The summed E-state index contributed by atoms with van der Waals surface area (Å²) >= 11 is 0. The molecule has 6 heteroatoms. The Morgan fingerprint density at radius 1 is 1.32 bits per heavy atom. The largest absolute Gasteiger partial charge is 0.465 e. The summed E-state index contributed by atoms with van der Waals surface area (Å²) in [6.07, 6.45) is 1.50. The number of para-hydroxylation sites is 1. The Hall–Kier alpha value is -2.76. The Kier molecular flexibility index (Phi) is 2.31. The molecule has 0 saturated carbocycles. The van der Waals surface area contributed by atoms with E-state index in [2.05, 4.69) is 9.72 Å². The number of hydrogen-bond donors (Lipinski definition) is 2. The number of aromatic amines is 1. The molecule has 0 aliphatic carbocycles. The molecule has 0 atom stereocenters. The van der Waals surface area contributed by atoms with E-state index in [9.17, 15) is 9.59 Å². The number of ether oxygens (including phenoxy) is 1. The number of aromatic nitrogens is 2.